The van der Waals surface area contributed by atoms with Crippen LogP contribution in [0.4, 0.5) is 24.5 Å². The van der Waals surface area contributed by atoms with Crippen LogP contribution in [-0.2, 0) is 20.5 Å². The topological polar surface area (TPSA) is 71.0 Å². The average molecular weight is 524 g/mol. The number of para-hydroxylation sites is 2. The third-order valence-corrected chi connectivity index (χ3v) is 7.11. The highest BCUT2D eigenvalue weighted by molar-refractivity contribution is 7.92. The Balaban J connectivity index is 1.71. The monoisotopic (exact) mass is 523 g/mol. The maximum atomic E-state index is 15.2. The molecular formula is C27H20F3N3O3S. The van der Waals surface area contributed by atoms with E-state index in [4.69, 9.17) is 4.74 Å². The summed E-state index contributed by atoms with van der Waals surface area (Å²) in [5.41, 5.74) is -3.51. The SMILES string of the molecule is O=S(=O)(Nc1ccccc1C1(C(F)(F)F)OC(c2ccccc2)=NN1c1ccccc1)c1ccccc1. The molecule has 0 bridgehead atoms. The molecular weight excluding hydrogens is 503 g/mol. The molecule has 4 aromatic carbocycles. The molecule has 0 saturated carbocycles. The Morgan fingerprint density at radius 3 is 1.92 bits per heavy atom. The van der Waals surface area contributed by atoms with Crippen LogP contribution in [0.25, 0.3) is 0 Å². The van der Waals surface area contributed by atoms with Gasteiger partial charge in [0, 0.05) is 5.56 Å². The quantitative estimate of drug-likeness (QED) is 0.332. The van der Waals surface area contributed by atoms with E-state index in [0.717, 1.165) is 5.01 Å². The lowest BCUT2D eigenvalue weighted by molar-refractivity contribution is -0.253. The molecule has 0 amide bonds. The van der Waals surface area contributed by atoms with Gasteiger partial charge >= 0.3 is 11.9 Å². The third kappa shape index (κ3) is 4.40. The van der Waals surface area contributed by atoms with Crippen LogP contribution in [0.5, 0.6) is 0 Å². The minimum absolute atomic E-state index is 0.0978. The largest absolute Gasteiger partial charge is 0.455 e. The lowest BCUT2D eigenvalue weighted by atomic mass is 9.98. The number of halogens is 3. The van der Waals surface area contributed by atoms with Crippen LogP contribution >= 0.6 is 0 Å². The van der Waals surface area contributed by atoms with Crippen LogP contribution in [0.1, 0.15) is 11.1 Å². The fourth-order valence-corrected chi connectivity index (χ4v) is 5.14. The number of alkyl halides is 3. The molecule has 1 unspecified atom stereocenters. The molecule has 0 aliphatic carbocycles. The molecule has 0 aromatic heterocycles. The van der Waals surface area contributed by atoms with Crippen molar-refractivity contribution in [3.8, 4) is 0 Å². The van der Waals surface area contributed by atoms with Crippen molar-refractivity contribution in [2.75, 3.05) is 9.73 Å². The highest BCUT2D eigenvalue weighted by Gasteiger charge is 2.67. The Labute approximate surface area is 211 Å². The predicted octanol–water partition coefficient (Wildman–Crippen LogP) is 6.10. The molecule has 0 fully saturated rings. The molecule has 37 heavy (non-hydrogen) atoms. The maximum absolute atomic E-state index is 15.2. The maximum Gasteiger partial charge on any atom is 0.455 e. The lowest BCUT2D eigenvalue weighted by Crippen LogP contribution is -2.54. The Morgan fingerprint density at radius 1 is 0.757 bits per heavy atom. The van der Waals surface area contributed by atoms with E-state index in [1.165, 1.54) is 60.7 Å². The standard InChI is InChI=1S/C27H20F3N3O3S/c28-27(29,30)26(23-18-10-11-19-24(23)32-37(34,35)22-16-8-3-9-17-22)33(21-14-6-2-7-15-21)31-25(36-26)20-12-4-1-5-13-20/h1-19,32H. The van der Waals surface area contributed by atoms with Crippen LogP contribution in [0, 0.1) is 0 Å². The minimum Gasteiger partial charge on any atom is -0.433 e. The second-order valence-corrected chi connectivity index (χ2v) is 9.81. The number of rotatable bonds is 6. The summed E-state index contributed by atoms with van der Waals surface area (Å²) in [7, 11) is -4.21. The first-order valence-corrected chi connectivity index (χ1v) is 12.6. The van der Waals surface area contributed by atoms with Gasteiger partial charge in [0.15, 0.2) is 0 Å². The number of ether oxygens (including phenoxy) is 1. The molecule has 1 N–H and O–H groups in total. The van der Waals surface area contributed by atoms with Crippen LogP contribution < -0.4 is 9.73 Å². The normalized spacial score (nSPS) is 17.7. The second kappa shape index (κ2) is 9.29. The van der Waals surface area contributed by atoms with Crippen LogP contribution in [0.3, 0.4) is 0 Å². The van der Waals surface area contributed by atoms with Crippen molar-refractivity contribution in [1.82, 2.24) is 0 Å². The fourth-order valence-electron chi connectivity index (χ4n) is 4.04. The smallest absolute Gasteiger partial charge is 0.433 e. The fraction of sp³-hybridized carbons (Fsp3) is 0.0741. The molecule has 1 atom stereocenters. The van der Waals surface area contributed by atoms with Crippen molar-refractivity contribution in [2.24, 2.45) is 5.10 Å². The molecule has 0 spiro atoms. The number of benzene rings is 4. The molecule has 6 nitrogen and oxygen atoms in total. The second-order valence-electron chi connectivity index (χ2n) is 8.13. The number of hydrogen-bond donors (Lipinski definition) is 1. The Kier molecular flexibility index (Phi) is 6.12. The van der Waals surface area contributed by atoms with Crippen LogP contribution in [-0.4, -0.2) is 20.5 Å². The van der Waals surface area contributed by atoms with Gasteiger partial charge < -0.3 is 4.74 Å². The molecule has 1 heterocycles. The summed E-state index contributed by atoms with van der Waals surface area (Å²) in [6.45, 7) is 0. The number of nitrogens with zero attached hydrogens (tertiary/aromatic N) is 2. The van der Waals surface area contributed by atoms with Crippen molar-refractivity contribution in [3.63, 3.8) is 0 Å². The first-order valence-electron chi connectivity index (χ1n) is 11.1. The molecule has 188 valence electrons. The Morgan fingerprint density at radius 2 is 1.30 bits per heavy atom. The van der Waals surface area contributed by atoms with E-state index in [1.807, 2.05) is 0 Å². The predicted molar refractivity (Wildman–Crippen MR) is 134 cm³/mol. The van der Waals surface area contributed by atoms with Gasteiger partial charge in [-0.2, -0.15) is 13.2 Å². The van der Waals surface area contributed by atoms with Crippen LogP contribution in [0.2, 0.25) is 0 Å². The van der Waals surface area contributed by atoms with Gasteiger partial charge in [0.1, 0.15) is 0 Å². The molecule has 0 saturated heterocycles. The summed E-state index contributed by atoms with van der Waals surface area (Å²) in [6.07, 6.45) is -5.06. The van der Waals surface area contributed by atoms with Gasteiger partial charge in [0.2, 0.25) is 5.90 Å². The van der Waals surface area contributed by atoms with E-state index in [2.05, 4.69) is 9.82 Å². The van der Waals surface area contributed by atoms with Gasteiger partial charge in [-0.05, 0) is 42.5 Å². The first-order chi connectivity index (χ1) is 17.7. The van der Waals surface area contributed by atoms with Gasteiger partial charge in [-0.15, -0.1) is 5.10 Å². The molecule has 10 heteroatoms. The minimum atomic E-state index is -5.06. The molecule has 5 rings (SSSR count). The number of hydrogen-bond acceptors (Lipinski definition) is 5. The van der Waals surface area contributed by atoms with Crippen molar-refractivity contribution < 1.29 is 26.3 Å². The summed E-state index contributed by atoms with van der Waals surface area (Å²) in [4.78, 5) is -0.0978. The van der Waals surface area contributed by atoms with Crippen LogP contribution in [0.15, 0.2) is 125 Å². The van der Waals surface area contributed by atoms with Gasteiger partial charge in [0.25, 0.3) is 10.0 Å². The summed E-state index contributed by atoms with van der Waals surface area (Å²) >= 11 is 0. The first kappa shape index (κ1) is 24.4. The average Bonchev–Trinajstić information content (AvgIpc) is 3.33. The Hall–Kier alpha value is -4.31. The summed E-state index contributed by atoms with van der Waals surface area (Å²) in [5.74, 6) is -0.262. The van der Waals surface area contributed by atoms with Gasteiger partial charge in [-0.3, -0.25) is 4.72 Å². The zero-order chi connectivity index (χ0) is 26.1. The molecule has 1 aliphatic heterocycles. The zero-order valence-corrected chi connectivity index (χ0v) is 19.9. The zero-order valence-electron chi connectivity index (χ0n) is 19.1. The highest BCUT2D eigenvalue weighted by atomic mass is 32.2. The molecule has 0 radical (unpaired) electrons. The van der Waals surface area contributed by atoms with Gasteiger partial charge in [-0.1, -0.05) is 72.8 Å². The van der Waals surface area contributed by atoms with Crippen molar-refractivity contribution in [3.05, 3.63) is 126 Å². The highest BCUT2D eigenvalue weighted by Crippen LogP contribution is 2.52. The summed E-state index contributed by atoms with van der Waals surface area (Å²) in [6, 6.07) is 28.6. The van der Waals surface area contributed by atoms with E-state index in [0.29, 0.717) is 5.56 Å². The van der Waals surface area contributed by atoms with E-state index in [-0.39, 0.29) is 22.2 Å². The third-order valence-electron chi connectivity index (χ3n) is 5.73. The summed E-state index contributed by atoms with van der Waals surface area (Å²) in [5, 5.41) is 4.99. The summed E-state index contributed by atoms with van der Waals surface area (Å²) < 4.78 is 80.0. The van der Waals surface area contributed by atoms with Crippen molar-refractivity contribution >= 4 is 27.3 Å². The number of nitrogens with one attached hydrogen (secondary N) is 1. The van der Waals surface area contributed by atoms with E-state index < -0.39 is 27.5 Å². The Bertz CT molecular complexity index is 1530. The molecule has 4 aromatic rings. The molecule has 1 aliphatic rings. The van der Waals surface area contributed by atoms with Gasteiger partial charge in [0.05, 0.1) is 21.8 Å². The number of anilines is 2. The number of sulfonamides is 1. The van der Waals surface area contributed by atoms with E-state index in [1.54, 1.807) is 54.6 Å². The van der Waals surface area contributed by atoms with Crippen molar-refractivity contribution in [1.29, 1.82) is 0 Å². The van der Waals surface area contributed by atoms with E-state index in [9.17, 15) is 8.42 Å². The van der Waals surface area contributed by atoms with Crippen molar-refractivity contribution in [2.45, 2.75) is 16.8 Å². The van der Waals surface area contributed by atoms with E-state index >= 15 is 13.2 Å². The number of hydrazone groups is 1. The van der Waals surface area contributed by atoms with Gasteiger partial charge in [-0.25, -0.2) is 13.4 Å². The lowest BCUT2D eigenvalue weighted by Gasteiger charge is -2.38.